The van der Waals surface area contributed by atoms with Gasteiger partial charge in [-0.3, -0.25) is 24.1 Å². The van der Waals surface area contributed by atoms with Gasteiger partial charge in [0.15, 0.2) is 0 Å². The molecule has 0 spiro atoms. The van der Waals surface area contributed by atoms with Crippen molar-refractivity contribution in [3.8, 4) is 11.3 Å². The van der Waals surface area contributed by atoms with E-state index in [-0.39, 0.29) is 5.56 Å². The van der Waals surface area contributed by atoms with Crippen LogP contribution in [0.3, 0.4) is 0 Å². The molecule has 4 rings (SSSR count). The van der Waals surface area contributed by atoms with E-state index < -0.39 is 23.8 Å². The number of nitrogens with zero attached hydrogens (tertiary/aromatic N) is 2. The smallest absolute Gasteiger partial charge is 0.264 e. The average Bonchev–Trinajstić information content (AvgIpc) is 3.05. The zero-order valence-electron chi connectivity index (χ0n) is 17.2. The summed E-state index contributed by atoms with van der Waals surface area (Å²) in [5.74, 6) is -0.761. The molecule has 1 aromatic heterocycles. The number of benzene rings is 2. The molecule has 0 saturated carbocycles. The lowest BCUT2D eigenvalue weighted by Crippen LogP contribution is -2.47. The summed E-state index contributed by atoms with van der Waals surface area (Å²) in [6.45, 7) is 0. The number of aromatic nitrogens is 2. The SMILES string of the molecule is CSCCC(C(=O)Nc1cccc(-c2ccc(=O)[nH]n2)c1)N1C(=O)c2ccccc2C1=O. The lowest BCUT2D eigenvalue weighted by Gasteiger charge is -2.25. The summed E-state index contributed by atoms with van der Waals surface area (Å²) in [5, 5.41) is 9.20. The molecule has 0 bridgehead atoms. The standard InChI is InChI=1S/C23H20N4O4S/c1-32-12-11-19(27-22(30)16-7-2-3-8-17(16)23(27)31)21(29)24-15-6-4-5-14(13-15)18-9-10-20(28)26-25-18/h2-10,13,19H,11-12H2,1H3,(H,24,29)(H,26,28). The van der Waals surface area contributed by atoms with Crippen molar-refractivity contribution in [3.63, 3.8) is 0 Å². The summed E-state index contributed by atoms with van der Waals surface area (Å²) in [5.41, 5.74) is 2.04. The van der Waals surface area contributed by atoms with Gasteiger partial charge in [-0.25, -0.2) is 5.10 Å². The number of nitrogens with one attached hydrogen (secondary N) is 2. The first kappa shape index (κ1) is 21.5. The van der Waals surface area contributed by atoms with Crippen LogP contribution in [0.2, 0.25) is 0 Å². The first-order valence-electron chi connectivity index (χ1n) is 9.92. The first-order chi connectivity index (χ1) is 15.5. The largest absolute Gasteiger partial charge is 0.324 e. The van der Waals surface area contributed by atoms with Crippen LogP contribution in [0, 0.1) is 0 Å². The second kappa shape index (κ2) is 9.19. The Labute approximate surface area is 188 Å². The highest BCUT2D eigenvalue weighted by Crippen LogP contribution is 2.27. The van der Waals surface area contributed by atoms with Crippen molar-refractivity contribution >= 4 is 35.2 Å². The van der Waals surface area contributed by atoms with Gasteiger partial charge in [0, 0.05) is 17.3 Å². The molecule has 8 nitrogen and oxygen atoms in total. The summed E-state index contributed by atoms with van der Waals surface area (Å²) in [6, 6.07) is 15.6. The fourth-order valence-electron chi connectivity index (χ4n) is 3.58. The molecule has 0 radical (unpaired) electrons. The van der Waals surface area contributed by atoms with Gasteiger partial charge < -0.3 is 5.32 Å². The minimum Gasteiger partial charge on any atom is -0.324 e. The number of anilines is 1. The molecule has 1 aliphatic heterocycles. The highest BCUT2D eigenvalue weighted by atomic mass is 32.2. The van der Waals surface area contributed by atoms with Gasteiger partial charge >= 0.3 is 0 Å². The highest BCUT2D eigenvalue weighted by molar-refractivity contribution is 7.98. The molecule has 2 aromatic carbocycles. The van der Waals surface area contributed by atoms with Gasteiger partial charge in [-0.1, -0.05) is 24.3 Å². The number of aromatic amines is 1. The summed E-state index contributed by atoms with van der Waals surface area (Å²) in [4.78, 5) is 51.4. The number of thioether (sulfide) groups is 1. The number of imide groups is 1. The molecular formula is C23H20N4O4S. The van der Waals surface area contributed by atoms with Crippen LogP contribution in [-0.2, 0) is 4.79 Å². The Bertz CT molecular complexity index is 1200. The van der Waals surface area contributed by atoms with Gasteiger partial charge in [-0.15, -0.1) is 0 Å². The van der Waals surface area contributed by atoms with Crippen LogP contribution in [0.1, 0.15) is 27.1 Å². The number of rotatable bonds is 7. The Morgan fingerprint density at radius 3 is 2.38 bits per heavy atom. The van der Waals surface area contributed by atoms with Gasteiger partial charge in [-0.2, -0.15) is 16.9 Å². The minimum atomic E-state index is -0.940. The highest BCUT2D eigenvalue weighted by Gasteiger charge is 2.42. The number of carbonyl (C=O) groups excluding carboxylic acids is 3. The van der Waals surface area contributed by atoms with Crippen molar-refractivity contribution in [2.45, 2.75) is 12.5 Å². The predicted octanol–water partition coefficient (Wildman–Crippen LogP) is 2.79. The molecule has 9 heteroatoms. The Kier molecular flexibility index (Phi) is 6.18. The predicted molar refractivity (Wildman–Crippen MR) is 123 cm³/mol. The summed E-state index contributed by atoms with van der Waals surface area (Å²) in [6.07, 6.45) is 2.23. The number of hydrogen-bond donors (Lipinski definition) is 2. The van der Waals surface area contributed by atoms with Crippen molar-refractivity contribution in [1.29, 1.82) is 0 Å². The molecule has 2 heterocycles. The van der Waals surface area contributed by atoms with Crippen LogP contribution in [0.4, 0.5) is 5.69 Å². The Morgan fingerprint density at radius 1 is 1.03 bits per heavy atom. The van der Waals surface area contributed by atoms with Gasteiger partial charge in [0.2, 0.25) is 5.91 Å². The van der Waals surface area contributed by atoms with E-state index in [1.165, 1.54) is 17.8 Å². The van der Waals surface area contributed by atoms with E-state index >= 15 is 0 Å². The number of carbonyl (C=O) groups is 3. The van der Waals surface area contributed by atoms with Crippen LogP contribution < -0.4 is 10.9 Å². The number of fused-ring (bicyclic) bond motifs is 1. The molecule has 1 aliphatic rings. The van der Waals surface area contributed by atoms with E-state index in [9.17, 15) is 19.2 Å². The minimum absolute atomic E-state index is 0.309. The van der Waals surface area contributed by atoms with Gasteiger partial charge in [0.1, 0.15) is 6.04 Å². The summed E-state index contributed by atoms with van der Waals surface area (Å²) >= 11 is 1.53. The quantitative estimate of drug-likeness (QED) is 0.538. The number of H-pyrrole nitrogens is 1. The fraction of sp³-hybridized carbons (Fsp3) is 0.174. The Morgan fingerprint density at radius 2 is 1.75 bits per heavy atom. The van der Waals surface area contributed by atoms with E-state index in [1.54, 1.807) is 54.6 Å². The lowest BCUT2D eigenvalue weighted by atomic mass is 10.1. The van der Waals surface area contributed by atoms with E-state index in [4.69, 9.17) is 0 Å². The topological polar surface area (TPSA) is 112 Å². The maximum atomic E-state index is 13.2. The second-order valence-corrected chi connectivity index (χ2v) is 8.19. The lowest BCUT2D eigenvalue weighted by molar-refractivity contribution is -0.120. The summed E-state index contributed by atoms with van der Waals surface area (Å²) in [7, 11) is 0. The third-order valence-electron chi connectivity index (χ3n) is 5.14. The molecule has 0 saturated heterocycles. The van der Waals surface area contributed by atoms with Crippen molar-refractivity contribution in [3.05, 3.63) is 82.1 Å². The molecule has 2 N–H and O–H groups in total. The van der Waals surface area contributed by atoms with E-state index in [1.807, 2.05) is 6.26 Å². The van der Waals surface area contributed by atoms with Crippen LogP contribution in [0.25, 0.3) is 11.3 Å². The van der Waals surface area contributed by atoms with Crippen LogP contribution in [-0.4, -0.2) is 50.9 Å². The van der Waals surface area contributed by atoms with Crippen LogP contribution >= 0.6 is 11.8 Å². The first-order valence-corrected chi connectivity index (χ1v) is 11.3. The monoisotopic (exact) mass is 448 g/mol. The van der Waals surface area contributed by atoms with E-state index in [0.717, 1.165) is 4.90 Å². The Hall–Kier alpha value is -3.72. The molecule has 1 atom stereocenters. The Balaban J connectivity index is 1.59. The average molecular weight is 449 g/mol. The van der Waals surface area contributed by atoms with Gasteiger partial charge in [0.05, 0.1) is 16.8 Å². The normalized spacial score (nSPS) is 13.7. The fourth-order valence-corrected chi connectivity index (χ4v) is 4.04. The zero-order chi connectivity index (χ0) is 22.7. The van der Waals surface area contributed by atoms with Crippen molar-refractivity contribution < 1.29 is 14.4 Å². The molecule has 32 heavy (non-hydrogen) atoms. The third kappa shape index (κ3) is 4.19. The molecule has 3 aromatic rings. The van der Waals surface area contributed by atoms with Crippen LogP contribution in [0.15, 0.2) is 65.5 Å². The number of hydrogen-bond acceptors (Lipinski definition) is 6. The molecule has 0 fully saturated rings. The van der Waals surface area contributed by atoms with Crippen molar-refractivity contribution in [1.82, 2.24) is 15.1 Å². The molecule has 1 unspecified atom stereocenters. The van der Waals surface area contributed by atoms with Crippen LogP contribution in [0.5, 0.6) is 0 Å². The molecule has 0 aliphatic carbocycles. The van der Waals surface area contributed by atoms with E-state index in [0.29, 0.717) is 40.2 Å². The number of amides is 3. The third-order valence-corrected chi connectivity index (χ3v) is 5.78. The van der Waals surface area contributed by atoms with Crippen molar-refractivity contribution in [2.75, 3.05) is 17.3 Å². The zero-order valence-corrected chi connectivity index (χ0v) is 18.0. The molecular weight excluding hydrogens is 428 g/mol. The van der Waals surface area contributed by atoms with E-state index in [2.05, 4.69) is 15.5 Å². The van der Waals surface area contributed by atoms with Gasteiger partial charge in [0.25, 0.3) is 17.4 Å². The maximum Gasteiger partial charge on any atom is 0.264 e. The maximum absolute atomic E-state index is 13.2. The van der Waals surface area contributed by atoms with Gasteiger partial charge in [-0.05, 0) is 48.8 Å². The second-order valence-electron chi connectivity index (χ2n) is 7.20. The molecule has 3 amide bonds. The van der Waals surface area contributed by atoms with Crippen molar-refractivity contribution in [2.24, 2.45) is 0 Å². The molecule has 162 valence electrons. The summed E-state index contributed by atoms with van der Waals surface area (Å²) < 4.78 is 0.